The Morgan fingerprint density at radius 2 is 1.76 bits per heavy atom. The van der Waals surface area contributed by atoms with E-state index in [2.05, 4.69) is 25.6 Å². The van der Waals surface area contributed by atoms with Crippen molar-refractivity contribution in [3.05, 3.63) is 66.4 Å². The molecule has 1 fully saturated rings. The summed E-state index contributed by atoms with van der Waals surface area (Å²) in [6.07, 6.45) is 6.91. The summed E-state index contributed by atoms with van der Waals surface area (Å²) in [7, 11) is 0. The van der Waals surface area contributed by atoms with E-state index in [1.165, 1.54) is 61.4 Å². The lowest BCUT2D eigenvalue weighted by molar-refractivity contribution is 0.0738. The highest BCUT2D eigenvalue weighted by Crippen LogP contribution is 2.25. The van der Waals surface area contributed by atoms with Gasteiger partial charge in [-0.1, -0.05) is 12.5 Å². The third-order valence-corrected chi connectivity index (χ3v) is 5.44. The van der Waals surface area contributed by atoms with Crippen molar-refractivity contribution < 1.29 is 14.6 Å². The second-order valence-electron chi connectivity index (χ2n) is 8.70. The molecule has 178 valence electrons. The summed E-state index contributed by atoms with van der Waals surface area (Å²) in [4.78, 5) is 13.0. The van der Waals surface area contributed by atoms with Gasteiger partial charge in [-0.2, -0.15) is 4.98 Å². The maximum Gasteiger partial charge on any atom is 0.229 e. The molecule has 0 radical (unpaired) electrons. The Hall–Kier alpha value is -3.56. The molecule has 0 aliphatic carbocycles. The molecule has 1 aromatic carbocycles. The zero-order valence-electron chi connectivity index (χ0n) is 19.3. The summed E-state index contributed by atoms with van der Waals surface area (Å²) >= 11 is 0. The number of nitrogens with zero attached hydrogens (tertiary/aromatic N) is 4. The van der Waals surface area contributed by atoms with Crippen LogP contribution in [0.25, 0.3) is 16.9 Å². The molecule has 4 heterocycles. The first-order valence-electron chi connectivity index (χ1n) is 11.3. The fraction of sp³-hybridized carbons (Fsp3) is 0.320. The summed E-state index contributed by atoms with van der Waals surface area (Å²) < 4.78 is 15.9. The van der Waals surface area contributed by atoms with Crippen molar-refractivity contribution in [1.82, 2.24) is 24.8 Å². The average molecular weight is 465 g/mol. The Balaban J connectivity index is 0.000000398. The van der Waals surface area contributed by atoms with Crippen molar-refractivity contribution in [2.75, 3.05) is 18.4 Å². The fourth-order valence-corrected chi connectivity index (χ4v) is 3.58. The van der Waals surface area contributed by atoms with E-state index in [0.29, 0.717) is 22.8 Å². The molecule has 0 amide bonds. The number of fused-ring (bicyclic) bond motifs is 1. The first-order chi connectivity index (χ1) is 16.3. The fourth-order valence-electron chi connectivity index (χ4n) is 3.58. The Labute approximate surface area is 197 Å². The number of aromatic nitrogens is 4. The Kier molecular flexibility index (Phi) is 7.04. The van der Waals surface area contributed by atoms with Gasteiger partial charge in [0.05, 0.1) is 11.1 Å². The van der Waals surface area contributed by atoms with Gasteiger partial charge in [-0.3, -0.25) is 4.57 Å². The molecule has 34 heavy (non-hydrogen) atoms. The van der Waals surface area contributed by atoms with Crippen molar-refractivity contribution in [1.29, 1.82) is 0 Å². The van der Waals surface area contributed by atoms with Crippen LogP contribution in [0.4, 0.5) is 16.0 Å². The maximum atomic E-state index is 14.4. The monoisotopic (exact) mass is 464 g/mol. The molecule has 0 atom stereocenters. The van der Waals surface area contributed by atoms with Gasteiger partial charge in [-0.15, -0.1) is 0 Å². The van der Waals surface area contributed by atoms with E-state index < -0.39 is 11.4 Å². The molecule has 4 N–H and O–H groups in total. The van der Waals surface area contributed by atoms with Crippen LogP contribution >= 0.6 is 0 Å². The number of aromatic hydroxyl groups is 1. The van der Waals surface area contributed by atoms with Crippen molar-refractivity contribution in [3.8, 4) is 11.6 Å². The minimum atomic E-state index is -1.13. The number of phenols is 1. The van der Waals surface area contributed by atoms with Crippen LogP contribution in [-0.4, -0.2) is 42.8 Å². The van der Waals surface area contributed by atoms with E-state index in [4.69, 9.17) is 0 Å². The molecule has 0 unspecified atom stereocenters. The second-order valence-corrected chi connectivity index (χ2v) is 8.70. The minimum absolute atomic E-state index is 0.149. The molecule has 1 aliphatic rings. The van der Waals surface area contributed by atoms with Crippen molar-refractivity contribution >= 4 is 22.7 Å². The number of aliphatic hydroxyl groups is 1. The normalized spacial score (nSPS) is 13.9. The Morgan fingerprint density at radius 3 is 2.38 bits per heavy atom. The predicted molar refractivity (Wildman–Crippen MR) is 130 cm³/mol. The molecule has 1 saturated heterocycles. The molecular formula is C25H29FN6O2. The molecule has 8 nitrogen and oxygen atoms in total. The smallest absolute Gasteiger partial charge is 0.229 e. The lowest BCUT2D eigenvalue weighted by Gasteiger charge is -2.17. The molecule has 1 aliphatic heterocycles. The second kappa shape index (κ2) is 10.1. The van der Waals surface area contributed by atoms with Gasteiger partial charge < -0.3 is 20.8 Å². The van der Waals surface area contributed by atoms with Crippen molar-refractivity contribution in [2.45, 2.75) is 38.7 Å². The maximum absolute atomic E-state index is 14.4. The van der Waals surface area contributed by atoms with Gasteiger partial charge in [0.15, 0.2) is 11.5 Å². The molecule has 3 aromatic heterocycles. The molecule has 4 aromatic rings. The first kappa shape index (κ1) is 23.6. The SMILES string of the molecule is C1CCNCC1.CC(C)(O)c1cccc(-n2cc(F)c3cnc(Nc4ccc(O)cc4)nc32)n1. The van der Waals surface area contributed by atoms with Crippen LogP contribution in [0.3, 0.4) is 0 Å². The van der Waals surface area contributed by atoms with E-state index in [1.54, 1.807) is 44.2 Å². The van der Waals surface area contributed by atoms with E-state index in [9.17, 15) is 14.6 Å². The van der Waals surface area contributed by atoms with E-state index in [-0.39, 0.29) is 17.1 Å². The molecular weight excluding hydrogens is 435 g/mol. The molecule has 5 rings (SSSR count). The average Bonchev–Trinajstić information content (AvgIpc) is 3.17. The summed E-state index contributed by atoms with van der Waals surface area (Å²) in [5, 5.41) is 26.1. The molecule has 9 heteroatoms. The van der Waals surface area contributed by atoms with Gasteiger partial charge >= 0.3 is 0 Å². The number of benzene rings is 1. The highest BCUT2D eigenvalue weighted by atomic mass is 19.1. The van der Waals surface area contributed by atoms with Crippen LogP contribution in [0.15, 0.2) is 54.9 Å². The van der Waals surface area contributed by atoms with E-state index in [1.807, 2.05) is 0 Å². The molecule has 0 bridgehead atoms. The standard InChI is InChI=1S/C20H18FN5O2.C5H11N/c1-20(2,28)16-4-3-5-17(24-16)26-11-15(21)14-10-22-19(25-18(14)26)23-12-6-8-13(27)9-7-12;1-2-4-6-5-3-1/h3-11,27-28H,1-2H3,(H,22,23,25);6H,1-5H2. The lowest BCUT2D eigenvalue weighted by atomic mass is 10.1. The largest absolute Gasteiger partial charge is 0.508 e. The van der Waals surface area contributed by atoms with E-state index in [0.717, 1.165) is 0 Å². The topological polar surface area (TPSA) is 108 Å². The summed E-state index contributed by atoms with van der Waals surface area (Å²) in [6, 6.07) is 11.6. The van der Waals surface area contributed by atoms with E-state index >= 15 is 0 Å². The number of hydrogen-bond donors (Lipinski definition) is 4. The number of nitrogens with one attached hydrogen (secondary N) is 2. The number of piperidine rings is 1. The zero-order chi connectivity index (χ0) is 24.1. The van der Waals surface area contributed by atoms with Crippen LogP contribution in [0.1, 0.15) is 38.8 Å². The summed E-state index contributed by atoms with van der Waals surface area (Å²) in [5.41, 5.74) is 0.355. The number of phenolic OH excluding ortho intramolecular Hbond substituents is 1. The summed E-state index contributed by atoms with van der Waals surface area (Å²) in [5.74, 6) is 0.385. The number of anilines is 2. The zero-order valence-corrected chi connectivity index (χ0v) is 19.3. The minimum Gasteiger partial charge on any atom is -0.508 e. The van der Waals surface area contributed by atoms with Crippen LogP contribution in [0.2, 0.25) is 0 Å². The third-order valence-electron chi connectivity index (χ3n) is 5.44. The lowest BCUT2D eigenvalue weighted by Crippen LogP contribution is -2.21. The Bertz CT molecular complexity index is 1240. The number of rotatable bonds is 4. The van der Waals surface area contributed by atoms with Gasteiger partial charge in [0.25, 0.3) is 0 Å². The van der Waals surface area contributed by atoms with Crippen molar-refractivity contribution in [2.24, 2.45) is 0 Å². The number of pyridine rings is 1. The van der Waals surface area contributed by atoms with Crippen LogP contribution in [0, 0.1) is 5.82 Å². The highest BCUT2D eigenvalue weighted by molar-refractivity contribution is 5.79. The summed E-state index contributed by atoms with van der Waals surface area (Å²) in [6.45, 7) is 5.77. The first-order valence-corrected chi connectivity index (χ1v) is 11.3. The highest BCUT2D eigenvalue weighted by Gasteiger charge is 2.20. The van der Waals surface area contributed by atoms with Crippen LogP contribution in [-0.2, 0) is 5.60 Å². The van der Waals surface area contributed by atoms with Crippen molar-refractivity contribution in [3.63, 3.8) is 0 Å². The van der Waals surface area contributed by atoms with Gasteiger partial charge in [-0.25, -0.2) is 14.4 Å². The molecule has 0 spiro atoms. The Morgan fingerprint density at radius 1 is 1.03 bits per heavy atom. The third kappa shape index (κ3) is 5.67. The van der Waals surface area contributed by atoms with Gasteiger partial charge in [0, 0.05) is 18.1 Å². The van der Waals surface area contributed by atoms with Gasteiger partial charge in [0.2, 0.25) is 5.95 Å². The van der Waals surface area contributed by atoms with Gasteiger partial charge in [0.1, 0.15) is 17.2 Å². The molecule has 0 saturated carbocycles. The number of hydrogen-bond acceptors (Lipinski definition) is 7. The number of halogens is 1. The predicted octanol–water partition coefficient (Wildman–Crippen LogP) is 4.39. The van der Waals surface area contributed by atoms with Crippen LogP contribution < -0.4 is 10.6 Å². The van der Waals surface area contributed by atoms with Crippen LogP contribution in [0.5, 0.6) is 5.75 Å². The van der Waals surface area contributed by atoms with Gasteiger partial charge in [-0.05, 0) is 76.2 Å². The quantitative estimate of drug-likeness (QED) is 0.332.